The van der Waals surface area contributed by atoms with Crippen molar-refractivity contribution in [3.63, 3.8) is 0 Å². The van der Waals surface area contributed by atoms with E-state index in [1.807, 2.05) is 55.5 Å². The summed E-state index contributed by atoms with van der Waals surface area (Å²) in [6.45, 7) is 2.88. The van der Waals surface area contributed by atoms with Crippen LogP contribution in [0.4, 0.5) is 19.0 Å². The number of benzene rings is 2. The number of anilines is 1. The first kappa shape index (κ1) is 20.6. The number of alkyl halides is 3. The molecule has 0 bridgehead atoms. The highest BCUT2D eigenvalue weighted by molar-refractivity contribution is 5.99. The third-order valence-electron chi connectivity index (χ3n) is 6.37. The maximum Gasteiger partial charge on any atom is 0.410 e. The molecule has 2 aromatic carbocycles. The van der Waals surface area contributed by atoms with E-state index < -0.39 is 18.3 Å². The van der Waals surface area contributed by atoms with Gasteiger partial charge in [-0.15, -0.1) is 0 Å². The van der Waals surface area contributed by atoms with Crippen molar-refractivity contribution >= 4 is 11.7 Å². The summed E-state index contributed by atoms with van der Waals surface area (Å²) in [7, 11) is 0. The van der Waals surface area contributed by atoms with Crippen molar-refractivity contribution in [2.24, 2.45) is 0 Å². The van der Waals surface area contributed by atoms with E-state index in [1.54, 1.807) is 4.90 Å². The van der Waals surface area contributed by atoms with Crippen LogP contribution in [0.25, 0.3) is 0 Å². The SMILES string of the molecule is Cc1ccc(C2CC(C(F)(F)F)n3ncc(C(=O)N4CCc5ccccc5C4)c3N2)cc1. The highest BCUT2D eigenvalue weighted by atomic mass is 19.4. The van der Waals surface area contributed by atoms with Gasteiger partial charge in [-0.25, -0.2) is 4.68 Å². The molecule has 166 valence electrons. The van der Waals surface area contributed by atoms with Gasteiger partial charge in [0.15, 0.2) is 6.04 Å². The number of aromatic nitrogens is 2. The molecule has 0 spiro atoms. The van der Waals surface area contributed by atoms with Gasteiger partial charge >= 0.3 is 6.18 Å². The Morgan fingerprint density at radius 2 is 1.81 bits per heavy atom. The molecule has 0 saturated heterocycles. The summed E-state index contributed by atoms with van der Waals surface area (Å²) >= 11 is 0. The normalized spacial score (nSPS) is 20.3. The molecule has 0 fully saturated rings. The minimum Gasteiger partial charge on any atom is -0.363 e. The molecule has 1 amide bonds. The van der Waals surface area contributed by atoms with Gasteiger partial charge in [0.1, 0.15) is 11.4 Å². The number of aryl methyl sites for hydroxylation is 1. The van der Waals surface area contributed by atoms with E-state index in [1.165, 1.54) is 11.8 Å². The number of carbonyl (C=O) groups is 1. The number of nitrogens with zero attached hydrogens (tertiary/aromatic N) is 3. The van der Waals surface area contributed by atoms with Crippen LogP contribution in [0.2, 0.25) is 0 Å². The van der Waals surface area contributed by atoms with Gasteiger partial charge in [0.05, 0.1) is 12.2 Å². The van der Waals surface area contributed by atoms with Crippen LogP contribution >= 0.6 is 0 Å². The molecule has 0 aliphatic carbocycles. The summed E-state index contributed by atoms with van der Waals surface area (Å²) < 4.78 is 42.7. The van der Waals surface area contributed by atoms with E-state index in [4.69, 9.17) is 0 Å². The van der Waals surface area contributed by atoms with Crippen molar-refractivity contribution in [2.45, 2.75) is 44.6 Å². The maximum atomic E-state index is 13.9. The first-order valence-corrected chi connectivity index (χ1v) is 10.6. The highest BCUT2D eigenvalue weighted by Gasteiger charge is 2.47. The van der Waals surface area contributed by atoms with Gasteiger partial charge in [-0.3, -0.25) is 4.79 Å². The molecular formula is C24H23F3N4O. The monoisotopic (exact) mass is 440 g/mol. The molecule has 0 saturated carbocycles. The van der Waals surface area contributed by atoms with Crippen LogP contribution in [0, 0.1) is 6.92 Å². The number of rotatable bonds is 2. The number of hydrogen-bond acceptors (Lipinski definition) is 3. The summed E-state index contributed by atoms with van der Waals surface area (Å²) in [5.41, 5.74) is 4.22. The third-order valence-corrected chi connectivity index (χ3v) is 6.37. The lowest BCUT2D eigenvalue weighted by Crippen LogP contribution is -2.38. The number of nitrogens with one attached hydrogen (secondary N) is 1. The van der Waals surface area contributed by atoms with Crippen molar-refractivity contribution in [3.8, 4) is 0 Å². The fraction of sp³-hybridized carbons (Fsp3) is 0.333. The maximum absolute atomic E-state index is 13.9. The van der Waals surface area contributed by atoms with Gasteiger partial charge in [-0.05, 0) is 30.0 Å². The number of fused-ring (bicyclic) bond motifs is 2. The van der Waals surface area contributed by atoms with E-state index in [0.29, 0.717) is 13.1 Å². The van der Waals surface area contributed by atoms with Crippen LogP contribution in [0.5, 0.6) is 0 Å². The second kappa shape index (κ2) is 7.69. The summed E-state index contributed by atoms with van der Waals surface area (Å²) in [5, 5.41) is 7.17. The van der Waals surface area contributed by atoms with Gasteiger partial charge in [0.2, 0.25) is 0 Å². The highest BCUT2D eigenvalue weighted by Crippen LogP contribution is 2.44. The fourth-order valence-corrected chi connectivity index (χ4v) is 4.58. The smallest absolute Gasteiger partial charge is 0.363 e. The molecule has 1 N–H and O–H groups in total. The summed E-state index contributed by atoms with van der Waals surface area (Å²) in [6, 6.07) is 13.0. The topological polar surface area (TPSA) is 50.2 Å². The van der Waals surface area contributed by atoms with Crippen molar-refractivity contribution in [3.05, 3.63) is 82.5 Å². The quantitative estimate of drug-likeness (QED) is 0.607. The lowest BCUT2D eigenvalue weighted by atomic mass is 9.95. The Morgan fingerprint density at radius 3 is 2.53 bits per heavy atom. The first-order chi connectivity index (χ1) is 15.3. The van der Waals surface area contributed by atoms with Crippen molar-refractivity contribution < 1.29 is 18.0 Å². The van der Waals surface area contributed by atoms with Gasteiger partial charge in [0.25, 0.3) is 5.91 Å². The van der Waals surface area contributed by atoms with Crippen LogP contribution in [0.3, 0.4) is 0 Å². The Balaban J connectivity index is 1.48. The molecule has 3 aromatic rings. The van der Waals surface area contributed by atoms with Gasteiger partial charge in [0, 0.05) is 19.5 Å². The third kappa shape index (κ3) is 3.63. The number of halogens is 3. The second-order valence-electron chi connectivity index (χ2n) is 8.50. The molecule has 8 heteroatoms. The van der Waals surface area contributed by atoms with E-state index in [9.17, 15) is 18.0 Å². The summed E-state index contributed by atoms with van der Waals surface area (Å²) in [5.74, 6) is -0.174. The zero-order valence-electron chi connectivity index (χ0n) is 17.6. The number of amides is 1. The lowest BCUT2D eigenvalue weighted by Gasteiger charge is -2.34. The molecule has 2 aliphatic rings. The zero-order valence-corrected chi connectivity index (χ0v) is 17.6. The Bertz CT molecular complexity index is 1150. The Hall–Kier alpha value is -3.29. The fourth-order valence-electron chi connectivity index (χ4n) is 4.58. The predicted molar refractivity (Wildman–Crippen MR) is 114 cm³/mol. The first-order valence-electron chi connectivity index (χ1n) is 10.6. The average molecular weight is 440 g/mol. The van der Waals surface area contributed by atoms with Gasteiger partial charge in [-0.2, -0.15) is 18.3 Å². The van der Waals surface area contributed by atoms with Crippen LogP contribution in [-0.2, 0) is 13.0 Å². The number of hydrogen-bond donors (Lipinski definition) is 1. The Labute approximate surface area is 183 Å². The molecule has 32 heavy (non-hydrogen) atoms. The van der Waals surface area contributed by atoms with E-state index >= 15 is 0 Å². The minimum atomic E-state index is -4.48. The van der Waals surface area contributed by atoms with Crippen molar-refractivity contribution in [1.82, 2.24) is 14.7 Å². The van der Waals surface area contributed by atoms with E-state index in [-0.39, 0.29) is 23.7 Å². The van der Waals surface area contributed by atoms with E-state index in [0.717, 1.165) is 27.8 Å². The molecule has 3 heterocycles. The Morgan fingerprint density at radius 1 is 1.09 bits per heavy atom. The standard InChI is InChI=1S/C24H23F3N4O/c1-15-6-8-17(9-7-15)20-12-21(24(25,26)27)31-22(29-20)19(13-28-31)23(32)30-11-10-16-4-2-3-5-18(16)14-30/h2-9,13,20-21,29H,10-12,14H2,1H3. The van der Waals surface area contributed by atoms with Crippen LogP contribution in [0.1, 0.15) is 51.1 Å². The molecule has 5 nitrogen and oxygen atoms in total. The summed E-state index contributed by atoms with van der Waals surface area (Å²) in [6.07, 6.45) is -2.68. The summed E-state index contributed by atoms with van der Waals surface area (Å²) in [4.78, 5) is 15.0. The molecular weight excluding hydrogens is 417 g/mol. The second-order valence-corrected chi connectivity index (χ2v) is 8.50. The van der Waals surface area contributed by atoms with Crippen LogP contribution < -0.4 is 5.32 Å². The van der Waals surface area contributed by atoms with Crippen LogP contribution in [-0.4, -0.2) is 33.3 Å². The van der Waals surface area contributed by atoms with Crippen LogP contribution in [0.15, 0.2) is 54.7 Å². The Kier molecular flexibility index (Phi) is 4.95. The van der Waals surface area contributed by atoms with Gasteiger partial charge in [-0.1, -0.05) is 54.1 Å². The molecule has 5 rings (SSSR count). The zero-order chi connectivity index (χ0) is 22.5. The molecule has 1 aromatic heterocycles. The number of carbonyl (C=O) groups excluding carboxylic acids is 1. The average Bonchev–Trinajstić information content (AvgIpc) is 3.21. The minimum absolute atomic E-state index is 0.132. The van der Waals surface area contributed by atoms with Crippen molar-refractivity contribution in [2.75, 3.05) is 11.9 Å². The molecule has 0 radical (unpaired) electrons. The molecule has 2 atom stereocenters. The predicted octanol–water partition coefficient (Wildman–Crippen LogP) is 5.05. The van der Waals surface area contributed by atoms with Crippen molar-refractivity contribution in [1.29, 1.82) is 0 Å². The van der Waals surface area contributed by atoms with E-state index in [2.05, 4.69) is 10.4 Å². The lowest BCUT2D eigenvalue weighted by molar-refractivity contribution is -0.173. The largest absolute Gasteiger partial charge is 0.410 e. The van der Waals surface area contributed by atoms with Gasteiger partial charge < -0.3 is 10.2 Å². The molecule has 2 unspecified atom stereocenters. The molecule has 2 aliphatic heterocycles.